The molecule has 2 heterocycles. The van der Waals surface area contributed by atoms with Crippen LogP contribution in [0, 0.1) is 0 Å². The second-order valence-electron chi connectivity index (χ2n) is 4.55. The Morgan fingerprint density at radius 3 is 2.47 bits per heavy atom. The molecule has 0 aliphatic carbocycles. The Morgan fingerprint density at radius 1 is 1.24 bits per heavy atom. The Balaban J connectivity index is 1.78. The van der Waals surface area contributed by atoms with E-state index in [-0.39, 0.29) is 6.01 Å². The minimum atomic E-state index is 0.134. The first kappa shape index (κ1) is 12.1. The van der Waals surface area contributed by atoms with Crippen LogP contribution in [-0.4, -0.2) is 73.4 Å². The first-order valence-electron chi connectivity index (χ1n) is 5.86. The van der Waals surface area contributed by atoms with Gasteiger partial charge in [-0.15, -0.1) is 0 Å². The molecule has 0 saturated carbocycles. The van der Waals surface area contributed by atoms with E-state index in [1.165, 1.54) is 0 Å². The SMILES string of the molecule is CN(C)CCN1CCN(c2nnc(N)o2)CC1. The predicted molar refractivity (Wildman–Crippen MR) is 65.9 cm³/mol. The lowest BCUT2D eigenvalue weighted by Gasteiger charge is -2.34. The smallest absolute Gasteiger partial charge is 0.319 e. The van der Waals surface area contributed by atoms with Crippen molar-refractivity contribution in [3.8, 4) is 0 Å². The van der Waals surface area contributed by atoms with Crippen LogP contribution >= 0.6 is 0 Å². The zero-order valence-electron chi connectivity index (χ0n) is 10.5. The van der Waals surface area contributed by atoms with E-state index in [1.807, 2.05) is 0 Å². The van der Waals surface area contributed by atoms with E-state index in [0.29, 0.717) is 6.01 Å². The Hall–Kier alpha value is -1.34. The summed E-state index contributed by atoms with van der Waals surface area (Å²) in [6.07, 6.45) is 0. The molecule has 7 nitrogen and oxygen atoms in total. The minimum Gasteiger partial charge on any atom is -0.390 e. The van der Waals surface area contributed by atoms with Crippen molar-refractivity contribution >= 4 is 12.0 Å². The fourth-order valence-electron chi connectivity index (χ4n) is 1.86. The van der Waals surface area contributed by atoms with Gasteiger partial charge in [-0.25, -0.2) is 0 Å². The largest absolute Gasteiger partial charge is 0.390 e. The highest BCUT2D eigenvalue weighted by molar-refractivity contribution is 5.28. The maximum absolute atomic E-state index is 5.41. The van der Waals surface area contributed by atoms with Gasteiger partial charge in [-0.2, -0.15) is 0 Å². The topological polar surface area (TPSA) is 74.7 Å². The van der Waals surface area contributed by atoms with Crippen molar-refractivity contribution in [3.05, 3.63) is 0 Å². The Morgan fingerprint density at radius 2 is 1.94 bits per heavy atom. The molecule has 0 unspecified atom stereocenters. The summed E-state index contributed by atoms with van der Waals surface area (Å²) in [6.45, 7) is 6.07. The van der Waals surface area contributed by atoms with Crippen molar-refractivity contribution in [2.75, 3.05) is 64.0 Å². The quantitative estimate of drug-likeness (QED) is 0.748. The van der Waals surface area contributed by atoms with Crippen LogP contribution in [0.25, 0.3) is 0 Å². The number of aromatic nitrogens is 2. The second-order valence-corrected chi connectivity index (χ2v) is 4.55. The molecule has 0 spiro atoms. The third kappa shape index (κ3) is 3.31. The molecule has 1 fully saturated rings. The van der Waals surface area contributed by atoms with E-state index in [4.69, 9.17) is 10.2 Å². The predicted octanol–water partition coefficient (Wildman–Crippen LogP) is -0.665. The first-order valence-corrected chi connectivity index (χ1v) is 5.86. The van der Waals surface area contributed by atoms with Crippen molar-refractivity contribution in [2.45, 2.75) is 0 Å². The molecule has 1 aromatic heterocycles. The van der Waals surface area contributed by atoms with Gasteiger partial charge in [-0.3, -0.25) is 4.90 Å². The zero-order chi connectivity index (χ0) is 12.3. The number of piperazine rings is 1. The van der Waals surface area contributed by atoms with Crippen molar-refractivity contribution in [3.63, 3.8) is 0 Å². The van der Waals surface area contributed by atoms with Crippen LogP contribution in [-0.2, 0) is 0 Å². The summed E-state index contributed by atoms with van der Waals surface area (Å²) >= 11 is 0. The van der Waals surface area contributed by atoms with Gasteiger partial charge in [0.25, 0.3) is 0 Å². The molecule has 17 heavy (non-hydrogen) atoms. The van der Waals surface area contributed by atoms with Crippen LogP contribution in [0.2, 0.25) is 0 Å². The van der Waals surface area contributed by atoms with Gasteiger partial charge < -0.3 is 20.0 Å². The molecule has 0 atom stereocenters. The van der Waals surface area contributed by atoms with Crippen LogP contribution in [0.1, 0.15) is 0 Å². The van der Waals surface area contributed by atoms with Crippen LogP contribution in [0.15, 0.2) is 4.42 Å². The lowest BCUT2D eigenvalue weighted by atomic mass is 10.3. The summed E-state index contributed by atoms with van der Waals surface area (Å²) in [5.74, 6) is 0. The van der Waals surface area contributed by atoms with E-state index in [0.717, 1.165) is 39.3 Å². The number of hydrogen-bond acceptors (Lipinski definition) is 7. The van der Waals surface area contributed by atoms with E-state index >= 15 is 0 Å². The molecule has 0 amide bonds. The number of nitrogen functional groups attached to an aromatic ring is 1. The van der Waals surface area contributed by atoms with Gasteiger partial charge in [0.2, 0.25) is 0 Å². The van der Waals surface area contributed by atoms with Gasteiger partial charge in [-0.1, -0.05) is 10.2 Å². The molecule has 2 N–H and O–H groups in total. The van der Waals surface area contributed by atoms with Crippen molar-refractivity contribution < 1.29 is 4.42 Å². The lowest BCUT2D eigenvalue weighted by molar-refractivity contribution is 0.226. The minimum absolute atomic E-state index is 0.134. The highest BCUT2D eigenvalue weighted by Crippen LogP contribution is 2.15. The second kappa shape index (κ2) is 5.33. The average molecular weight is 240 g/mol. The maximum atomic E-state index is 5.41. The lowest BCUT2D eigenvalue weighted by Crippen LogP contribution is -2.48. The number of hydrogen-bond donors (Lipinski definition) is 1. The van der Waals surface area contributed by atoms with E-state index < -0.39 is 0 Å². The molecule has 1 aliphatic rings. The van der Waals surface area contributed by atoms with Gasteiger partial charge >= 0.3 is 12.0 Å². The number of nitrogens with two attached hydrogens (primary N) is 1. The molecule has 1 aromatic rings. The number of anilines is 2. The molecule has 2 rings (SSSR count). The van der Waals surface area contributed by atoms with E-state index in [9.17, 15) is 0 Å². The highest BCUT2D eigenvalue weighted by Gasteiger charge is 2.20. The average Bonchev–Trinajstić information content (AvgIpc) is 2.74. The number of nitrogens with zero attached hydrogens (tertiary/aromatic N) is 5. The molecule has 0 aromatic carbocycles. The monoisotopic (exact) mass is 240 g/mol. The summed E-state index contributed by atoms with van der Waals surface area (Å²) in [4.78, 5) is 6.72. The van der Waals surface area contributed by atoms with Crippen LogP contribution in [0.5, 0.6) is 0 Å². The Labute approximate surface area is 101 Å². The Kier molecular flexibility index (Phi) is 3.80. The van der Waals surface area contributed by atoms with Crippen LogP contribution in [0.4, 0.5) is 12.0 Å². The van der Waals surface area contributed by atoms with Gasteiger partial charge in [-0.05, 0) is 14.1 Å². The standard InChI is InChI=1S/C10H20N6O/c1-14(2)3-4-15-5-7-16(8-6-15)10-13-12-9(11)17-10/h3-8H2,1-2H3,(H2,11,12). The fourth-order valence-corrected chi connectivity index (χ4v) is 1.86. The number of likely N-dealkylation sites (N-methyl/N-ethyl adjacent to an activating group) is 1. The van der Waals surface area contributed by atoms with Crippen molar-refractivity contribution in [1.82, 2.24) is 20.0 Å². The van der Waals surface area contributed by atoms with E-state index in [1.54, 1.807) is 0 Å². The maximum Gasteiger partial charge on any atom is 0.319 e. The van der Waals surface area contributed by atoms with Crippen molar-refractivity contribution in [1.29, 1.82) is 0 Å². The molecule has 7 heteroatoms. The van der Waals surface area contributed by atoms with E-state index in [2.05, 4.69) is 39.0 Å². The fraction of sp³-hybridized carbons (Fsp3) is 0.800. The van der Waals surface area contributed by atoms with Gasteiger partial charge in [0, 0.05) is 39.3 Å². The molecule has 1 aliphatic heterocycles. The van der Waals surface area contributed by atoms with Crippen molar-refractivity contribution in [2.24, 2.45) is 0 Å². The molecule has 0 radical (unpaired) electrons. The first-order chi connectivity index (χ1) is 8.15. The Bertz CT molecular complexity index is 344. The summed E-state index contributed by atoms with van der Waals surface area (Å²) in [6, 6.07) is 0.671. The summed E-state index contributed by atoms with van der Waals surface area (Å²) in [5, 5.41) is 7.57. The van der Waals surface area contributed by atoms with Gasteiger partial charge in [0.1, 0.15) is 0 Å². The summed E-state index contributed by atoms with van der Waals surface area (Å²) in [7, 11) is 4.19. The summed E-state index contributed by atoms with van der Waals surface area (Å²) in [5.41, 5.74) is 5.41. The molecular weight excluding hydrogens is 220 g/mol. The summed E-state index contributed by atoms with van der Waals surface area (Å²) < 4.78 is 5.21. The van der Waals surface area contributed by atoms with Crippen LogP contribution < -0.4 is 10.6 Å². The molecule has 1 saturated heterocycles. The van der Waals surface area contributed by atoms with Gasteiger partial charge in [0.05, 0.1) is 0 Å². The number of rotatable bonds is 4. The van der Waals surface area contributed by atoms with Crippen LogP contribution in [0.3, 0.4) is 0 Å². The normalized spacial score (nSPS) is 17.9. The molecule has 96 valence electrons. The molecule has 0 bridgehead atoms. The molecular formula is C10H20N6O. The zero-order valence-corrected chi connectivity index (χ0v) is 10.5. The highest BCUT2D eigenvalue weighted by atomic mass is 16.4. The third-order valence-electron chi connectivity index (χ3n) is 2.94. The van der Waals surface area contributed by atoms with Gasteiger partial charge in [0.15, 0.2) is 0 Å². The third-order valence-corrected chi connectivity index (χ3v) is 2.94.